The number of benzene rings is 1. The van der Waals surface area contributed by atoms with Gasteiger partial charge in [0.25, 0.3) is 0 Å². The first kappa shape index (κ1) is 29.4. The average molecular weight is 589 g/mol. The van der Waals surface area contributed by atoms with Crippen molar-refractivity contribution in [2.75, 3.05) is 17.2 Å². The molecule has 5 N–H and O–H groups in total. The lowest BCUT2D eigenvalue weighted by atomic mass is 9.77. The number of aromatic nitrogens is 4. The van der Waals surface area contributed by atoms with Crippen LogP contribution in [0, 0.1) is 28.8 Å². The molecule has 226 valence electrons. The predicted octanol–water partition coefficient (Wildman–Crippen LogP) is 5.17. The summed E-state index contributed by atoms with van der Waals surface area (Å²) >= 11 is 0. The molecule has 3 heterocycles. The van der Waals surface area contributed by atoms with E-state index in [4.69, 9.17) is 10.7 Å². The normalized spacial score (nSPS) is 23.1. The van der Waals surface area contributed by atoms with Gasteiger partial charge in [-0.1, -0.05) is 20.8 Å². The number of nitrogens with one attached hydrogen (secondary N) is 2. The summed E-state index contributed by atoms with van der Waals surface area (Å²) in [6.07, 6.45) is 4.00. The standard InChI is InChI=1S/C28H35F3N8O3/c1-28(2,3)22-19(5-4-10-38(22)27(41)42)34-25-33-13-20-24(37-25)39(16-8-6-14(7-9-16)23(32)40)26(35-20)36-21-17(30)11-15(29)12-18(21)31/h11-14,16,19,22H,4-10H2,1-3H3,(H2,32,40)(H,35,36)(H,41,42)(H,33,34,37). The minimum atomic E-state index is -1.12. The second kappa shape index (κ2) is 11.3. The van der Waals surface area contributed by atoms with Crippen molar-refractivity contribution in [3.63, 3.8) is 0 Å². The van der Waals surface area contributed by atoms with Gasteiger partial charge in [-0.25, -0.2) is 27.9 Å². The molecular weight excluding hydrogens is 553 g/mol. The Morgan fingerprint density at radius 3 is 2.31 bits per heavy atom. The molecule has 1 aromatic carbocycles. The number of primary amides is 1. The van der Waals surface area contributed by atoms with Crippen LogP contribution in [0.2, 0.25) is 0 Å². The molecule has 14 heteroatoms. The van der Waals surface area contributed by atoms with E-state index in [1.807, 2.05) is 20.8 Å². The summed E-state index contributed by atoms with van der Waals surface area (Å²) in [5.41, 5.74) is 5.33. The van der Waals surface area contributed by atoms with E-state index in [-0.39, 0.29) is 47.3 Å². The number of anilines is 3. The number of piperidine rings is 1. The van der Waals surface area contributed by atoms with E-state index in [1.54, 1.807) is 4.57 Å². The Morgan fingerprint density at radius 1 is 1.05 bits per heavy atom. The molecular formula is C28H35F3N8O3. The van der Waals surface area contributed by atoms with Gasteiger partial charge in [0.2, 0.25) is 17.8 Å². The molecule has 1 saturated heterocycles. The van der Waals surface area contributed by atoms with Gasteiger partial charge in [-0.15, -0.1) is 0 Å². The van der Waals surface area contributed by atoms with Crippen molar-refractivity contribution < 1.29 is 27.9 Å². The first-order chi connectivity index (χ1) is 19.8. The summed E-state index contributed by atoms with van der Waals surface area (Å²) in [5, 5.41) is 15.9. The number of amides is 2. The van der Waals surface area contributed by atoms with Gasteiger partial charge in [0, 0.05) is 30.6 Å². The van der Waals surface area contributed by atoms with Crippen molar-refractivity contribution in [1.82, 2.24) is 24.4 Å². The van der Waals surface area contributed by atoms with E-state index < -0.39 is 29.2 Å². The molecule has 0 spiro atoms. The summed E-state index contributed by atoms with van der Waals surface area (Å²) in [7, 11) is 0. The van der Waals surface area contributed by atoms with Crippen molar-refractivity contribution in [3.05, 3.63) is 35.8 Å². The van der Waals surface area contributed by atoms with Crippen molar-refractivity contribution in [2.45, 2.75) is 77.4 Å². The van der Waals surface area contributed by atoms with Gasteiger partial charge in [-0.05, 0) is 43.9 Å². The number of carbonyl (C=O) groups is 2. The van der Waals surface area contributed by atoms with Crippen molar-refractivity contribution in [1.29, 1.82) is 0 Å². The zero-order valence-electron chi connectivity index (χ0n) is 23.7. The smallest absolute Gasteiger partial charge is 0.407 e. The average Bonchev–Trinajstić information content (AvgIpc) is 3.27. The lowest BCUT2D eigenvalue weighted by molar-refractivity contribution is -0.122. The van der Waals surface area contributed by atoms with Crippen molar-refractivity contribution in [3.8, 4) is 0 Å². The molecule has 2 unspecified atom stereocenters. The molecule has 1 aliphatic heterocycles. The van der Waals surface area contributed by atoms with E-state index in [0.29, 0.717) is 68.4 Å². The minimum absolute atomic E-state index is 0.0886. The third kappa shape index (κ3) is 5.79. The fourth-order valence-electron chi connectivity index (χ4n) is 6.38. The number of likely N-dealkylation sites (tertiary alicyclic amines) is 1. The summed E-state index contributed by atoms with van der Waals surface area (Å²) in [5.74, 6) is -3.59. The topological polar surface area (TPSA) is 151 Å². The lowest BCUT2D eigenvalue weighted by Gasteiger charge is -2.46. The highest BCUT2D eigenvalue weighted by Crippen LogP contribution is 2.38. The van der Waals surface area contributed by atoms with Crippen LogP contribution in [0.25, 0.3) is 11.2 Å². The Bertz CT molecular complexity index is 1480. The Balaban J connectivity index is 1.54. The molecule has 2 atom stereocenters. The zero-order chi connectivity index (χ0) is 30.3. The molecule has 2 aliphatic rings. The largest absolute Gasteiger partial charge is 0.465 e. The van der Waals surface area contributed by atoms with E-state index >= 15 is 0 Å². The molecule has 5 rings (SSSR count). The second-order valence-corrected chi connectivity index (χ2v) is 12.2. The van der Waals surface area contributed by atoms with E-state index in [9.17, 15) is 27.9 Å². The van der Waals surface area contributed by atoms with Crippen molar-refractivity contribution >= 4 is 40.7 Å². The molecule has 3 aromatic rings. The quantitative estimate of drug-likeness (QED) is 0.308. The molecule has 42 heavy (non-hydrogen) atoms. The maximum Gasteiger partial charge on any atom is 0.407 e. The molecule has 2 amide bonds. The maximum atomic E-state index is 14.6. The molecule has 11 nitrogen and oxygen atoms in total. The van der Waals surface area contributed by atoms with Crippen LogP contribution in [-0.2, 0) is 4.79 Å². The highest BCUT2D eigenvalue weighted by atomic mass is 19.1. The molecule has 0 bridgehead atoms. The van der Waals surface area contributed by atoms with Crippen LogP contribution in [0.15, 0.2) is 18.3 Å². The summed E-state index contributed by atoms with van der Waals surface area (Å²) < 4.78 is 44.5. The van der Waals surface area contributed by atoms with Gasteiger partial charge in [-0.2, -0.15) is 4.98 Å². The van der Waals surface area contributed by atoms with Gasteiger partial charge >= 0.3 is 6.09 Å². The number of halogens is 3. The van der Waals surface area contributed by atoms with Crippen LogP contribution >= 0.6 is 0 Å². The highest BCUT2D eigenvalue weighted by Gasteiger charge is 2.42. The minimum Gasteiger partial charge on any atom is -0.465 e. The zero-order valence-corrected chi connectivity index (χ0v) is 23.7. The highest BCUT2D eigenvalue weighted by molar-refractivity contribution is 5.78. The summed E-state index contributed by atoms with van der Waals surface area (Å²) in [4.78, 5) is 38.9. The molecule has 0 radical (unpaired) electrons. The van der Waals surface area contributed by atoms with E-state index in [1.165, 1.54) is 11.1 Å². The number of imidazole rings is 1. The molecule has 2 aromatic heterocycles. The second-order valence-electron chi connectivity index (χ2n) is 12.2. The summed E-state index contributed by atoms with van der Waals surface area (Å²) in [6, 6.07) is 0.304. The van der Waals surface area contributed by atoms with Gasteiger partial charge in [-0.3, -0.25) is 9.36 Å². The SMILES string of the molecule is CC(C)(C)C1C(Nc2ncc3nc(Nc4c(F)cc(F)cc4F)n(C4CCC(C(N)=O)CC4)c3n2)CCCN1C(=O)O. The number of hydrogen-bond acceptors (Lipinski definition) is 7. The Labute approximate surface area is 240 Å². The Morgan fingerprint density at radius 2 is 1.71 bits per heavy atom. The van der Waals surface area contributed by atoms with Crippen LogP contribution in [0.4, 0.5) is 35.5 Å². The number of fused-ring (bicyclic) bond motifs is 1. The number of nitrogens with zero attached hydrogens (tertiary/aromatic N) is 5. The van der Waals surface area contributed by atoms with Gasteiger partial charge in [0.1, 0.15) is 17.0 Å². The number of rotatable bonds is 6. The van der Waals surface area contributed by atoms with Crippen LogP contribution in [0.5, 0.6) is 0 Å². The van der Waals surface area contributed by atoms with E-state index in [2.05, 4.69) is 20.6 Å². The fraction of sp³-hybridized carbons (Fsp3) is 0.536. The third-order valence-electron chi connectivity index (χ3n) is 8.22. The Hall–Kier alpha value is -4.10. The maximum absolute atomic E-state index is 14.6. The van der Waals surface area contributed by atoms with Crippen LogP contribution < -0.4 is 16.4 Å². The molecule has 1 aliphatic carbocycles. The predicted molar refractivity (Wildman–Crippen MR) is 150 cm³/mol. The monoisotopic (exact) mass is 588 g/mol. The lowest BCUT2D eigenvalue weighted by Crippen LogP contribution is -2.58. The third-order valence-corrected chi connectivity index (χ3v) is 8.22. The van der Waals surface area contributed by atoms with Crippen molar-refractivity contribution in [2.24, 2.45) is 17.1 Å². The van der Waals surface area contributed by atoms with Crippen LogP contribution in [-0.4, -0.2) is 60.2 Å². The number of nitrogens with two attached hydrogens (primary N) is 1. The van der Waals surface area contributed by atoms with Crippen LogP contribution in [0.1, 0.15) is 65.3 Å². The van der Waals surface area contributed by atoms with Gasteiger partial charge < -0.3 is 26.4 Å². The number of carbonyl (C=O) groups excluding carboxylic acids is 1. The first-order valence-corrected chi connectivity index (χ1v) is 14.1. The van der Waals surface area contributed by atoms with Gasteiger partial charge in [0.05, 0.1) is 18.3 Å². The fourth-order valence-corrected chi connectivity index (χ4v) is 6.38. The Kier molecular flexibility index (Phi) is 7.90. The molecule has 2 fully saturated rings. The number of carboxylic acid groups (broad SMARTS) is 1. The summed E-state index contributed by atoms with van der Waals surface area (Å²) in [6.45, 7) is 6.39. The van der Waals surface area contributed by atoms with Gasteiger partial charge in [0.15, 0.2) is 17.3 Å². The van der Waals surface area contributed by atoms with Crippen LogP contribution in [0.3, 0.4) is 0 Å². The molecule has 1 saturated carbocycles. The number of hydrogen-bond donors (Lipinski definition) is 4. The van der Waals surface area contributed by atoms with E-state index in [0.717, 1.165) is 0 Å². The first-order valence-electron chi connectivity index (χ1n) is 14.1.